The SMILES string of the molecule is Cn1nc(-c2ccc(F)cc2)cc1C1(c2ccccn2)CCN(CCc2ccccc2)CC1. The quantitative estimate of drug-likeness (QED) is 0.411. The fourth-order valence-electron chi connectivity index (χ4n) is 5.06. The summed E-state index contributed by atoms with van der Waals surface area (Å²) < 4.78 is 15.4. The summed E-state index contributed by atoms with van der Waals surface area (Å²) in [6.07, 6.45) is 4.93. The maximum absolute atomic E-state index is 13.4. The average molecular weight is 441 g/mol. The van der Waals surface area contributed by atoms with Crippen LogP contribution in [0.3, 0.4) is 0 Å². The molecule has 2 aromatic carbocycles. The maximum atomic E-state index is 13.4. The number of nitrogens with zero attached hydrogens (tertiary/aromatic N) is 4. The van der Waals surface area contributed by atoms with Crippen LogP contribution in [0.4, 0.5) is 4.39 Å². The molecule has 1 fully saturated rings. The average Bonchev–Trinajstić information content (AvgIpc) is 3.27. The van der Waals surface area contributed by atoms with Gasteiger partial charge in [-0.25, -0.2) is 4.39 Å². The van der Waals surface area contributed by atoms with Crippen molar-refractivity contribution in [3.05, 3.63) is 108 Å². The number of aromatic nitrogens is 3. The molecule has 2 aromatic heterocycles. The first-order chi connectivity index (χ1) is 16.1. The number of rotatable bonds is 6. The molecule has 5 rings (SSSR count). The molecule has 0 atom stereocenters. The summed E-state index contributed by atoms with van der Waals surface area (Å²) >= 11 is 0. The van der Waals surface area contributed by atoms with E-state index in [0.717, 1.165) is 55.8 Å². The number of pyridine rings is 1. The first-order valence-corrected chi connectivity index (χ1v) is 11.6. The van der Waals surface area contributed by atoms with Crippen LogP contribution >= 0.6 is 0 Å². The lowest BCUT2D eigenvalue weighted by molar-refractivity contribution is 0.174. The van der Waals surface area contributed by atoms with Crippen LogP contribution in [-0.4, -0.2) is 39.3 Å². The maximum Gasteiger partial charge on any atom is 0.123 e. The predicted octanol–water partition coefficient (Wildman–Crippen LogP) is 5.25. The van der Waals surface area contributed by atoms with Gasteiger partial charge in [-0.2, -0.15) is 5.10 Å². The van der Waals surface area contributed by atoms with Crippen LogP contribution in [0.2, 0.25) is 0 Å². The molecule has 0 spiro atoms. The van der Waals surface area contributed by atoms with E-state index in [1.807, 2.05) is 24.0 Å². The summed E-state index contributed by atoms with van der Waals surface area (Å²) in [5, 5.41) is 4.80. The van der Waals surface area contributed by atoms with Gasteiger partial charge in [-0.05, 0) is 80.4 Å². The number of hydrogen-bond donors (Lipinski definition) is 0. The van der Waals surface area contributed by atoms with Crippen LogP contribution in [-0.2, 0) is 18.9 Å². The van der Waals surface area contributed by atoms with Gasteiger partial charge < -0.3 is 4.90 Å². The van der Waals surface area contributed by atoms with Crippen molar-refractivity contribution in [2.24, 2.45) is 7.05 Å². The van der Waals surface area contributed by atoms with Gasteiger partial charge in [-0.3, -0.25) is 9.67 Å². The lowest BCUT2D eigenvalue weighted by Gasteiger charge is -2.41. The number of hydrogen-bond acceptors (Lipinski definition) is 3. The smallest absolute Gasteiger partial charge is 0.123 e. The third-order valence-electron chi connectivity index (χ3n) is 6.93. The minimum atomic E-state index is -0.234. The molecular weight excluding hydrogens is 411 g/mol. The molecule has 1 aliphatic heterocycles. The lowest BCUT2D eigenvalue weighted by Crippen LogP contribution is -2.45. The molecule has 4 nitrogen and oxygen atoms in total. The van der Waals surface area contributed by atoms with E-state index in [9.17, 15) is 4.39 Å². The van der Waals surface area contributed by atoms with E-state index in [0.29, 0.717) is 0 Å². The zero-order chi connectivity index (χ0) is 22.7. The third kappa shape index (κ3) is 4.46. The zero-order valence-corrected chi connectivity index (χ0v) is 19.0. The fraction of sp³-hybridized carbons (Fsp3) is 0.286. The second-order valence-corrected chi connectivity index (χ2v) is 8.92. The summed E-state index contributed by atoms with van der Waals surface area (Å²) in [5.41, 5.74) is 5.26. The molecule has 3 heterocycles. The highest BCUT2D eigenvalue weighted by Crippen LogP contribution is 2.41. The Morgan fingerprint density at radius 2 is 1.64 bits per heavy atom. The highest BCUT2D eigenvalue weighted by atomic mass is 19.1. The normalized spacial score (nSPS) is 16.1. The first kappa shape index (κ1) is 21.5. The molecule has 0 radical (unpaired) electrons. The summed E-state index contributed by atoms with van der Waals surface area (Å²) in [5.74, 6) is -0.234. The summed E-state index contributed by atoms with van der Waals surface area (Å²) in [4.78, 5) is 7.36. The Labute approximate surface area is 194 Å². The highest BCUT2D eigenvalue weighted by Gasteiger charge is 2.41. The van der Waals surface area contributed by atoms with Crippen LogP contribution in [0.15, 0.2) is 85.1 Å². The van der Waals surface area contributed by atoms with Crippen LogP contribution in [0, 0.1) is 5.82 Å². The van der Waals surface area contributed by atoms with Crippen molar-refractivity contribution in [1.82, 2.24) is 19.7 Å². The van der Waals surface area contributed by atoms with E-state index in [-0.39, 0.29) is 11.2 Å². The first-order valence-electron chi connectivity index (χ1n) is 11.6. The Hall–Kier alpha value is -3.31. The van der Waals surface area contributed by atoms with Crippen molar-refractivity contribution in [2.45, 2.75) is 24.7 Å². The summed E-state index contributed by atoms with van der Waals surface area (Å²) in [7, 11) is 2.01. The molecule has 1 saturated heterocycles. The molecule has 0 aliphatic carbocycles. The van der Waals surface area contributed by atoms with Gasteiger partial charge in [-0.15, -0.1) is 0 Å². The van der Waals surface area contributed by atoms with Gasteiger partial charge in [-0.1, -0.05) is 36.4 Å². The largest absolute Gasteiger partial charge is 0.303 e. The highest BCUT2D eigenvalue weighted by molar-refractivity contribution is 5.60. The molecule has 0 unspecified atom stereocenters. The number of likely N-dealkylation sites (tertiary alicyclic amines) is 1. The topological polar surface area (TPSA) is 34.0 Å². The fourth-order valence-corrected chi connectivity index (χ4v) is 5.06. The Morgan fingerprint density at radius 3 is 2.33 bits per heavy atom. The Bertz CT molecular complexity index is 1180. The van der Waals surface area contributed by atoms with Crippen molar-refractivity contribution in [3.63, 3.8) is 0 Å². The Balaban J connectivity index is 1.41. The van der Waals surface area contributed by atoms with Gasteiger partial charge in [0, 0.05) is 25.4 Å². The number of benzene rings is 2. The van der Waals surface area contributed by atoms with E-state index in [1.165, 1.54) is 23.4 Å². The number of halogens is 1. The molecule has 0 N–H and O–H groups in total. The van der Waals surface area contributed by atoms with E-state index in [4.69, 9.17) is 10.1 Å². The minimum Gasteiger partial charge on any atom is -0.303 e. The molecular formula is C28H29FN4. The van der Waals surface area contributed by atoms with Gasteiger partial charge in [0.15, 0.2) is 0 Å². The van der Waals surface area contributed by atoms with Gasteiger partial charge >= 0.3 is 0 Å². The summed E-state index contributed by atoms with van der Waals surface area (Å²) in [6.45, 7) is 3.09. The van der Waals surface area contributed by atoms with Crippen molar-refractivity contribution in [3.8, 4) is 11.3 Å². The van der Waals surface area contributed by atoms with E-state index < -0.39 is 0 Å². The van der Waals surface area contributed by atoms with E-state index in [2.05, 4.69) is 53.4 Å². The van der Waals surface area contributed by atoms with Gasteiger partial charge in [0.05, 0.1) is 22.5 Å². The molecule has 168 valence electrons. The van der Waals surface area contributed by atoms with Crippen LogP contribution in [0.1, 0.15) is 29.8 Å². The van der Waals surface area contributed by atoms with E-state index >= 15 is 0 Å². The molecule has 4 aromatic rings. The second-order valence-electron chi connectivity index (χ2n) is 8.92. The molecule has 5 heteroatoms. The van der Waals surface area contributed by atoms with Crippen molar-refractivity contribution < 1.29 is 4.39 Å². The standard InChI is InChI=1S/C28H29FN4/c1-32-27(21-25(31-32)23-10-12-24(29)13-11-23)28(26-9-5-6-17-30-26)15-19-33(20-16-28)18-14-22-7-3-2-4-8-22/h2-13,17,21H,14-16,18-20H2,1H3. The van der Waals surface area contributed by atoms with Crippen molar-refractivity contribution >= 4 is 0 Å². The summed E-state index contributed by atoms with van der Waals surface area (Å²) in [6, 6.07) is 25.6. The Kier molecular flexibility index (Phi) is 6.05. The number of piperidine rings is 1. The lowest BCUT2D eigenvalue weighted by atomic mass is 9.72. The van der Waals surface area contributed by atoms with E-state index in [1.54, 1.807) is 12.1 Å². The van der Waals surface area contributed by atoms with Crippen molar-refractivity contribution in [1.29, 1.82) is 0 Å². The van der Waals surface area contributed by atoms with Crippen LogP contribution in [0.25, 0.3) is 11.3 Å². The number of aryl methyl sites for hydroxylation is 1. The molecule has 0 saturated carbocycles. The second kappa shape index (κ2) is 9.28. The van der Waals surface area contributed by atoms with Gasteiger partial charge in [0.25, 0.3) is 0 Å². The molecule has 0 amide bonds. The monoisotopic (exact) mass is 440 g/mol. The predicted molar refractivity (Wildman–Crippen MR) is 129 cm³/mol. The van der Waals surface area contributed by atoms with Crippen molar-refractivity contribution in [2.75, 3.05) is 19.6 Å². The zero-order valence-electron chi connectivity index (χ0n) is 19.0. The molecule has 33 heavy (non-hydrogen) atoms. The van der Waals surface area contributed by atoms with Gasteiger partial charge in [0.1, 0.15) is 5.82 Å². The van der Waals surface area contributed by atoms with Gasteiger partial charge in [0.2, 0.25) is 0 Å². The third-order valence-corrected chi connectivity index (χ3v) is 6.93. The Morgan fingerprint density at radius 1 is 0.909 bits per heavy atom. The minimum absolute atomic E-state index is 0.190. The van der Waals surface area contributed by atoms with Crippen LogP contribution in [0.5, 0.6) is 0 Å². The molecule has 1 aliphatic rings. The van der Waals surface area contributed by atoms with Crippen LogP contribution < -0.4 is 0 Å². The molecule has 0 bridgehead atoms.